The Bertz CT molecular complexity index is 620. The van der Waals surface area contributed by atoms with Gasteiger partial charge >= 0.3 is 0 Å². The number of nitriles is 1. The van der Waals surface area contributed by atoms with Gasteiger partial charge in [-0.3, -0.25) is 0 Å². The molecular weight excluding hydrogens is 306 g/mol. The summed E-state index contributed by atoms with van der Waals surface area (Å²) in [7, 11) is 1.60. The van der Waals surface area contributed by atoms with Crippen LogP contribution < -0.4 is 9.47 Å². The van der Waals surface area contributed by atoms with E-state index in [1.165, 1.54) is 0 Å². The van der Waals surface area contributed by atoms with Crippen molar-refractivity contribution >= 4 is 15.9 Å². The first kappa shape index (κ1) is 13.4. The van der Waals surface area contributed by atoms with Gasteiger partial charge in [0.1, 0.15) is 18.1 Å². The summed E-state index contributed by atoms with van der Waals surface area (Å²) in [6.07, 6.45) is 0. The van der Waals surface area contributed by atoms with Gasteiger partial charge in [-0.05, 0) is 36.4 Å². The number of halogens is 1. The number of hydrogen-bond acceptors (Lipinski definition) is 3. The fourth-order valence-electron chi connectivity index (χ4n) is 1.68. The molecule has 0 fully saturated rings. The summed E-state index contributed by atoms with van der Waals surface area (Å²) in [5.41, 5.74) is 1.44. The minimum absolute atomic E-state index is 0.356. The third-order valence-electron chi connectivity index (χ3n) is 2.60. The fourth-order valence-corrected chi connectivity index (χ4v) is 2.06. The van der Waals surface area contributed by atoms with Gasteiger partial charge in [-0.25, -0.2) is 0 Å². The van der Waals surface area contributed by atoms with Crippen LogP contribution in [0.15, 0.2) is 46.9 Å². The lowest BCUT2D eigenvalue weighted by atomic mass is 10.1. The Kier molecular flexibility index (Phi) is 4.43. The smallest absolute Gasteiger partial charge is 0.125 e. The Hall–Kier alpha value is -1.99. The van der Waals surface area contributed by atoms with Crippen LogP contribution in [0.5, 0.6) is 11.5 Å². The molecule has 3 nitrogen and oxygen atoms in total. The second kappa shape index (κ2) is 6.26. The van der Waals surface area contributed by atoms with Crippen molar-refractivity contribution in [1.29, 1.82) is 5.26 Å². The van der Waals surface area contributed by atoms with Gasteiger partial charge in [0.05, 0.1) is 18.7 Å². The topological polar surface area (TPSA) is 42.2 Å². The molecule has 0 aliphatic rings. The van der Waals surface area contributed by atoms with Crippen molar-refractivity contribution in [2.24, 2.45) is 0 Å². The van der Waals surface area contributed by atoms with Crippen LogP contribution in [0, 0.1) is 11.3 Å². The Labute approximate surface area is 120 Å². The predicted octanol–water partition coefficient (Wildman–Crippen LogP) is 3.91. The highest BCUT2D eigenvalue weighted by Crippen LogP contribution is 2.23. The molecule has 0 unspecified atom stereocenters. The van der Waals surface area contributed by atoms with Crippen molar-refractivity contribution in [2.75, 3.05) is 7.11 Å². The Morgan fingerprint density at radius 1 is 1.21 bits per heavy atom. The Morgan fingerprint density at radius 3 is 2.74 bits per heavy atom. The lowest BCUT2D eigenvalue weighted by Crippen LogP contribution is -1.99. The highest BCUT2D eigenvalue weighted by Gasteiger charge is 2.05. The largest absolute Gasteiger partial charge is 0.496 e. The van der Waals surface area contributed by atoms with Crippen LogP contribution in [0.25, 0.3) is 0 Å². The third-order valence-corrected chi connectivity index (χ3v) is 3.09. The average molecular weight is 318 g/mol. The zero-order chi connectivity index (χ0) is 13.7. The molecule has 0 spiro atoms. The molecule has 0 saturated heterocycles. The van der Waals surface area contributed by atoms with Gasteiger partial charge in [0.25, 0.3) is 0 Å². The molecule has 2 aromatic rings. The van der Waals surface area contributed by atoms with E-state index in [4.69, 9.17) is 14.7 Å². The summed E-state index contributed by atoms with van der Waals surface area (Å²) >= 11 is 3.39. The van der Waals surface area contributed by atoms with Crippen molar-refractivity contribution < 1.29 is 9.47 Å². The molecule has 0 N–H and O–H groups in total. The van der Waals surface area contributed by atoms with Crippen LogP contribution in [0.3, 0.4) is 0 Å². The van der Waals surface area contributed by atoms with Crippen LogP contribution in [0.1, 0.15) is 11.1 Å². The van der Waals surface area contributed by atoms with E-state index in [-0.39, 0.29) is 0 Å². The molecule has 0 saturated carbocycles. The molecule has 0 atom stereocenters. The summed E-state index contributed by atoms with van der Waals surface area (Å²) < 4.78 is 11.9. The van der Waals surface area contributed by atoms with Crippen LogP contribution in [0.2, 0.25) is 0 Å². The van der Waals surface area contributed by atoms with Gasteiger partial charge in [0.2, 0.25) is 0 Å². The van der Waals surface area contributed by atoms with Crippen molar-refractivity contribution in [1.82, 2.24) is 0 Å². The fraction of sp³-hybridized carbons (Fsp3) is 0.133. The van der Waals surface area contributed by atoms with Gasteiger partial charge in [0.15, 0.2) is 0 Å². The molecular formula is C15H12BrNO2. The summed E-state index contributed by atoms with van der Waals surface area (Å²) in [6, 6.07) is 15.0. The van der Waals surface area contributed by atoms with Crippen molar-refractivity contribution in [3.63, 3.8) is 0 Å². The number of rotatable bonds is 4. The molecule has 96 valence electrons. The molecule has 19 heavy (non-hydrogen) atoms. The summed E-state index contributed by atoms with van der Waals surface area (Å²) in [4.78, 5) is 0. The highest BCUT2D eigenvalue weighted by atomic mass is 79.9. The summed E-state index contributed by atoms with van der Waals surface area (Å²) in [5, 5.41) is 8.91. The molecule has 4 heteroatoms. The van der Waals surface area contributed by atoms with E-state index < -0.39 is 0 Å². The van der Waals surface area contributed by atoms with E-state index >= 15 is 0 Å². The van der Waals surface area contributed by atoms with Crippen LogP contribution >= 0.6 is 15.9 Å². The van der Waals surface area contributed by atoms with Gasteiger partial charge in [0, 0.05) is 10.0 Å². The maximum absolute atomic E-state index is 8.91. The minimum atomic E-state index is 0.356. The van der Waals surface area contributed by atoms with Gasteiger partial charge in [-0.2, -0.15) is 5.26 Å². The normalized spacial score (nSPS) is 9.74. The van der Waals surface area contributed by atoms with E-state index in [2.05, 4.69) is 22.0 Å². The van der Waals surface area contributed by atoms with E-state index in [9.17, 15) is 0 Å². The Morgan fingerprint density at radius 2 is 2.05 bits per heavy atom. The number of methoxy groups -OCH3 is 1. The minimum Gasteiger partial charge on any atom is -0.496 e. The molecule has 0 amide bonds. The predicted molar refractivity (Wildman–Crippen MR) is 76.2 cm³/mol. The highest BCUT2D eigenvalue weighted by molar-refractivity contribution is 9.10. The first-order valence-corrected chi connectivity index (χ1v) is 6.47. The van der Waals surface area contributed by atoms with Crippen molar-refractivity contribution in [2.45, 2.75) is 6.61 Å². The molecule has 0 bridgehead atoms. The Balaban J connectivity index is 2.16. The monoisotopic (exact) mass is 317 g/mol. The van der Waals surface area contributed by atoms with Crippen molar-refractivity contribution in [3.8, 4) is 17.6 Å². The quantitative estimate of drug-likeness (QED) is 0.858. The number of ether oxygens (including phenoxy) is 2. The zero-order valence-electron chi connectivity index (χ0n) is 10.4. The lowest BCUT2D eigenvalue weighted by molar-refractivity contribution is 0.296. The van der Waals surface area contributed by atoms with Crippen LogP contribution in [-0.4, -0.2) is 7.11 Å². The van der Waals surface area contributed by atoms with E-state index in [1.54, 1.807) is 25.3 Å². The van der Waals surface area contributed by atoms with Crippen LogP contribution in [-0.2, 0) is 6.61 Å². The van der Waals surface area contributed by atoms with Crippen LogP contribution in [0.4, 0.5) is 0 Å². The molecule has 0 aromatic heterocycles. The molecule has 0 aliphatic carbocycles. The van der Waals surface area contributed by atoms with E-state index in [0.717, 1.165) is 15.8 Å². The first-order chi connectivity index (χ1) is 9.22. The molecule has 0 heterocycles. The SMILES string of the molecule is COc1ccc(C#N)cc1COc1cccc(Br)c1. The number of benzene rings is 2. The van der Waals surface area contributed by atoms with Gasteiger partial charge in [-0.1, -0.05) is 22.0 Å². The molecule has 2 aromatic carbocycles. The molecule has 0 aliphatic heterocycles. The zero-order valence-corrected chi connectivity index (χ0v) is 12.0. The second-order valence-corrected chi connectivity index (χ2v) is 4.80. The maximum Gasteiger partial charge on any atom is 0.125 e. The van der Waals surface area contributed by atoms with Gasteiger partial charge < -0.3 is 9.47 Å². The number of nitrogens with zero attached hydrogens (tertiary/aromatic N) is 1. The number of hydrogen-bond donors (Lipinski definition) is 0. The second-order valence-electron chi connectivity index (χ2n) is 3.88. The molecule has 0 radical (unpaired) electrons. The standard InChI is InChI=1S/C15H12BrNO2/c1-18-15-6-5-11(9-17)7-12(15)10-19-14-4-2-3-13(16)8-14/h2-8H,10H2,1H3. The maximum atomic E-state index is 8.91. The van der Waals surface area contributed by atoms with Crippen molar-refractivity contribution in [3.05, 3.63) is 58.1 Å². The third kappa shape index (κ3) is 3.49. The molecule has 2 rings (SSSR count). The summed E-state index contributed by atoms with van der Waals surface area (Å²) in [5.74, 6) is 1.48. The lowest BCUT2D eigenvalue weighted by Gasteiger charge is -2.10. The van der Waals surface area contributed by atoms with Gasteiger partial charge in [-0.15, -0.1) is 0 Å². The van der Waals surface area contributed by atoms with E-state index in [1.807, 2.05) is 24.3 Å². The first-order valence-electron chi connectivity index (χ1n) is 5.68. The average Bonchev–Trinajstić information content (AvgIpc) is 2.45. The van der Waals surface area contributed by atoms with E-state index in [0.29, 0.717) is 17.9 Å². The summed E-state index contributed by atoms with van der Waals surface area (Å²) in [6.45, 7) is 0.356.